The first-order valence-corrected chi connectivity index (χ1v) is 9.36. The maximum Gasteiger partial charge on any atom is 0.255 e. The van der Waals surface area contributed by atoms with Gasteiger partial charge in [0.25, 0.3) is 5.91 Å². The number of benzene rings is 1. The summed E-state index contributed by atoms with van der Waals surface area (Å²) in [6, 6.07) is 3.52. The summed E-state index contributed by atoms with van der Waals surface area (Å²) in [6.45, 7) is 2.55. The Morgan fingerprint density at radius 3 is 2.73 bits per heavy atom. The van der Waals surface area contributed by atoms with E-state index >= 15 is 0 Å². The summed E-state index contributed by atoms with van der Waals surface area (Å²) < 4.78 is 30.0. The van der Waals surface area contributed by atoms with Crippen molar-refractivity contribution >= 4 is 11.8 Å². The molecule has 0 bridgehead atoms. The van der Waals surface area contributed by atoms with Crippen LogP contribution in [0.2, 0.25) is 0 Å². The van der Waals surface area contributed by atoms with Crippen molar-refractivity contribution in [1.82, 2.24) is 30.4 Å². The second-order valence-corrected chi connectivity index (χ2v) is 6.77. The highest BCUT2D eigenvalue weighted by atomic mass is 19.1. The smallest absolute Gasteiger partial charge is 0.255 e. The number of hydrogen-bond donors (Lipinski definition) is 2. The molecule has 30 heavy (non-hydrogen) atoms. The van der Waals surface area contributed by atoms with E-state index in [1.54, 1.807) is 12.4 Å². The molecule has 2 N–H and O–H groups in total. The van der Waals surface area contributed by atoms with Gasteiger partial charge in [-0.1, -0.05) is 6.07 Å². The Labute approximate surface area is 170 Å². The summed E-state index contributed by atoms with van der Waals surface area (Å²) in [4.78, 5) is 32.5. The van der Waals surface area contributed by atoms with Crippen LogP contribution in [0.1, 0.15) is 34.2 Å². The minimum atomic E-state index is -0.784. The van der Waals surface area contributed by atoms with Gasteiger partial charge in [-0.3, -0.25) is 14.3 Å². The van der Waals surface area contributed by atoms with Crippen LogP contribution in [-0.2, 0) is 24.3 Å². The van der Waals surface area contributed by atoms with Gasteiger partial charge in [0.15, 0.2) is 5.82 Å². The molecule has 0 unspecified atom stereocenters. The van der Waals surface area contributed by atoms with Crippen LogP contribution >= 0.6 is 0 Å². The molecule has 1 aliphatic rings. The van der Waals surface area contributed by atoms with E-state index < -0.39 is 11.6 Å². The number of nitrogens with one attached hydrogen (secondary N) is 2. The van der Waals surface area contributed by atoms with Crippen LogP contribution in [0.4, 0.5) is 8.78 Å². The van der Waals surface area contributed by atoms with Gasteiger partial charge < -0.3 is 10.6 Å². The highest BCUT2D eigenvalue weighted by Gasteiger charge is 2.28. The zero-order valence-electron chi connectivity index (χ0n) is 16.1. The largest absolute Gasteiger partial charge is 0.355 e. The average Bonchev–Trinajstić information content (AvgIpc) is 3.28. The number of nitrogens with zero attached hydrogens (tertiary/aromatic N) is 4. The number of carbonyl (C=O) groups excluding carboxylic acids is 2. The molecule has 0 saturated heterocycles. The molecule has 0 fully saturated rings. The molecule has 2 amide bonds. The lowest BCUT2D eigenvalue weighted by molar-refractivity contribution is -0.121. The van der Waals surface area contributed by atoms with E-state index in [2.05, 4.69) is 25.7 Å². The molecule has 154 valence electrons. The molecular formula is C20H18F2N6O2. The predicted molar refractivity (Wildman–Crippen MR) is 102 cm³/mol. The highest BCUT2D eigenvalue weighted by molar-refractivity contribution is 5.99. The van der Waals surface area contributed by atoms with Crippen molar-refractivity contribution in [1.29, 1.82) is 0 Å². The second kappa shape index (κ2) is 7.97. The summed E-state index contributed by atoms with van der Waals surface area (Å²) in [5.41, 5.74) is 1.38. The molecule has 10 heteroatoms. The van der Waals surface area contributed by atoms with Gasteiger partial charge in [-0.2, -0.15) is 5.10 Å². The summed E-state index contributed by atoms with van der Waals surface area (Å²) >= 11 is 0. The Hall–Kier alpha value is -3.69. The van der Waals surface area contributed by atoms with Crippen molar-refractivity contribution < 1.29 is 18.4 Å². The average molecular weight is 412 g/mol. The van der Waals surface area contributed by atoms with Crippen molar-refractivity contribution in [2.75, 3.05) is 6.54 Å². The van der Waals surface area contributed by atoms with Crippen molar-refractivity contribution in [3.8, 4) is 11.4 Å². The number of likely N-dealkylation sites (N-methyl/N-ethyl adjacent to an activating group) is 1. The van der Waals surface area contributed by atoms with E-state index in [9.17, 15) is 18.4 Å². The topological polar surface area (TPSA) is 102 Å². The summed E-state index contributed by atoms with van der Waals surface area (Å²) in [5, 5.41) is 9.49. The van der Waals surface area contributed by atoms with Gasteiger partial charge in [0.2, 0.25) is 5.91 Å². The van der Waals surface area contributed by atoms with E-state index in [1.807, 2.05) is 6.92 Å². The van der Waals surface area contributed by atoms with Crippen molar-refractivity contribution in [2.24, 2.45) is 0 Å². The fourth-order valence-corrected chi connectivity index (χ4v) is 3.33. The Kier molecular flexibility index (Phi) is 5.21. The Bertz CT molecular complexity index is 1120. The predicted octanol–water partition coefficient (Wildman–Crippen LogP) is 1.59. The molecule has 3 aromatic rings. The maximum atomic E-state index is 14.3. The Morgan fingerprint density at radius 1 is 1.23 bits per heavy atom. The molecule has 8 nitrogen and oxygen atoms in total. The SMILES string of the molecule is CCNC(=O)Cn1cc(Cc2nc(-c3c(F)cccc3F)nc3c2C(=O)NC3)cn1. The highest BCUT2D eigenvalue weighted by Crippen LogP contribution is 2.27. The van der Waals surface area contributed by atoms with Crippen LogP contribution < -0.4 is 10.6 Å². The molecule has 1 aromatic carbocycles. The molecule has 0 atom stereocenters. The van der Waals surface area contributed by atoms with E-state index in [1.165, 1.54) is 10.7 Å². The number of aromatic nitrogens is 4. The molecule has 0 spiro atoms. The second-order valence-electron chi connectivity index (χ2n) is 6.77. The molecule has 2 aromatic heterocycles. The third-order valence-corrected chi connectivity index (χ3v) is 4.63. The maximum absolute atomic E-state index is 14.3. The minimum Gasteiger partial charge on any atom is -0.355 e. The lowest BCUT2D eigenvalue weighted by Crippen LogP contribution is -2.27. The van der Waals surface area contributed by atoms with Crippen LogP contribution in [-0.4, -0.2) is 38.1 Å². The van der Waals surface area contributed by atoms with E-state index in [-0.39, 0.29) is 42.7 Å². The number of amides is 2. The standard InChI is InChI=1S/C20H18F2N6O2/c1-2-23-16(29)10-28-9-11(7-25-28)6-14-18-15(8-24-20(18)30)27-19(26-14)17-12(21)4-3-5-13(17)22/h3-5,7,9H,2,6,8,10H2,1H3,(H,23,29)(H,24,30). The van der Waals surface area contributed by atoms with Crippen molar-refractivity contribution in [3.63, 3.8) is 0 Å². The van der Waals surface area contributed by atoms with Crippen molar-refractivity contribution in [2.45, 2.75) is 26.4 Å². The van der Waals surface area contributed by atoms with Gasteiger partial charge in [-0.25, -0.2) is 18.7 Å². The van der Waals surface area contributed by atoms with E-state index in [0.29, 0.717) is 29.1 Å². The fourth-order valence-electron chi connectivity index (χ4n) is 3.33. The van der Waals surface area contributed by atoms with Gasteiger partial charge in [-0.05, 0) is 24.6 Å². The van der Waals surface area contributed by atoms with Gasteiger partial charge in [0.1, 0.15) is 18.2 Å². The van der Waals surface area contributed by atoms with Crippen molar-refractivity contribution in [3.05, 3.63) is 64.7 Å². The Morgan fingerprint density at radius 2 is 2.00 bits per heavy atom. The first-order chi connectivity index (χ1) is 14.5. The number of carbonyl (C=O) groups is 2. The normalized spacial score (nSPS) is 12.6. The summed E-state index contributed by atoms with van der Waals surface area (Å²) in [5.74, 6) is -2.20. The van der Waals surface area contributed by atoms with Crippen LogP contribution in [0, 0.1) is 11.6 Å². The molecule has 4 rings (SSSR count). The van der Waals surface area contributed by atoms with Gasteiger partial charge in [-0.15, -0.1) is 0 Å². The Balaban J connectivity index is 1.70. The zero-order chi connectivity index (χ0) is 21.3. The molecular weight excluding hydrogens is 394 g/mol. The fraction of sp³-hybridized carbons (Fsp3) is 0.250. The number of fused-ring (bicyclic) bond motifs is 1. The molecule has 0 aliphatic carbocycles. The first-order valence-electron chi connectivity index (χ1n) is 9.36. The lowest BCUT2D eigenvalue weighted by atomic mass is 10.1. The van der Waals surface area contributed by atoms with Gasteiger partial charge >= 0.3 is 0 Å². The third-order valence-electron chi connectivity index (χ3n) is 4.63. The van der Waals surface area contributed by atoms with Crippen LogP contribution in [0.25, 0.3) is 11.4 Å². The summed E-state index contributed by atoms with van der Waals surface area (Å²) in [6.07, 6.45) is 3.42. The summed E-state index contributed by atoms with van der Waals surface area (Å²) in [7, 11) is 0. The molecule has 0 radical (unpaired) electrons. The molecule has 3 heterocycles. The number of hydrogen-bond acceptors (Lipinski definition) is 5. The van der Waals surface area contributed by atoms with Gasteiger partial charge in [0, 0.05) is 19.2 Å². The van der Waals surface area contributed by atoms with Crippen LogP contribution in [0.5, 0.6) is 0 Å². The number of rotatable bonds is 6. The number of halogens is 2. The minimum absolute atomic E-state index is 0.0574. The first kappa shape index (κ1) is 19.6. The van der Waals surface area contributed by atoms with Gasteiger partial charge in [0.05, 0.1) is 35.3 Å². The lowest BCUT2D eigenvalue weighted by Gasteiger charge is -2.09. The molecule has 1 aliphatic heterocycles. The van der Waals surface area contributed by atoms with Crippen LogP contribution in [0.3, 0.4) is 0 Å². The third kappa shape index (κ3) is 3.76. The van der Waals surface area contributed by atoms with E-state index in [4.69, 9.17) is 0 Å². The van der Waals surface area contributed by atoms with E-state index in [0.717, 1.165) is 12.1 Å². The quantitative estimate of drug-likeness (QED) is 0.640. The molecule has 0 saturated carbocycles. The monoisotopic (exact) mass is 412 g/mol. The van der Waals surface area contributed by atoms with Crippen LogP contribution in [0.15, 0.2) is 30.6 Å². The zero-order valence-corrected chi connectivity index (χ0v) is 16.1.